The molecule has 0 fully saturated rings. The molecule has 0 atom stereocenters. The van der Waals surface area contributed by atoms with Crippen molar-refractivity contribution in [2.24, 2.45) is 0 Å². The van der Waals surface area contributed by atoms with Crippen LogP contribution in [0, 0.1) is 0 Å². The highest BCUT2D eigenvalue weighted by Crippen LogP contribution is 2.14. The van der Waals surface area contributed by atoms with Crippen LogP contribution >= 0.6 is 0 Å². The normalized spacial score (nSPS) is 10.1. The van der Waals surface area contributed by atoms with Crippen LogP contribution in [0.1, 0.15) is 26.2 Å². The first kappa shape index (κ1) is 16.9. The Hall–Kier alpha value is -2.49. The molecule has 0 aliphatic heterocycles. The molecule has 122 valence electrons. The van der Waals surface area contributed by atoms with Gasteiger partial charge in [-0.25, -0.2) is 0 Å². The average molecular weight is 312 g/mol. The summed E-state index contributed by atoms with van der Waals surface area (Å²) >= 11 is 0. The number of unbranched alkanes of at least 4 members (excludes halogenated alkanes) is 1. The molecule has 0 heterocycles. The molecule has 0 aliphatic rings. The minimum atomic E-state index is -0.0485. The molecule has 2 aromatic rings. The van der Waals surface area contributed by atoms with Gasteiger partial charge in [0.05, 0.1) is 13.0 Å². The monoisotopic (exact) mass is 312 g/mol. The molecular formula is C19H24N2O2. The van der Waals surface area contributed by atoms with Crippen LogP contribution in [0.3, 0.4) is 0 Å². The van der Waals surface area contributed by atoms with Crippen molar-refractivity contribution in [2.75, 3.05) is 23.8 Å². The quantitative estimate of drug-likeness (QED) is 0.679. The minimum Gasteiger partial charge on any atom is -0.493 e. The van der Waals surface area contributed by atoms with Gasteiger partial charge in [0.15, 0.2) is 0 Å². The van der Waals surface area contributed by atoms with Crippen LogP contribution < -0.4 is 15.4 Å². The van der Waals surface area contributed by atoms with Crippen molar-refractivity contribution in [1.29, 1.82) is 0 Å². The average Bonchev–Trinajstić information content (AvgIpc) is 2.58. The molecule has 0 saturated heterocycles. The van der Waals surface area contributed by atoms with Crippen LogP contribution in [-0.2, 0) is 4.79 Å². The molecule has 0 aliphatic carbocycles. The Labute approximate surface area is 137 Å². The van der Waals surface area contributed by atoms with Gasteiger partial charge in [-0.15, -0.1) is 0 Å². The standard InChI is InChI=1S/C19H24N2O2/c1-2-3-14-20-16-9-11-17(12-10-16)21-19(22)13-15-23-18-7-5-4-6-8-18/h4-12,20H,2-3,13-15H2,1H3,(H,21,22). The van der Waals surface area contributed by atoms with E-state index in [1.807, 2.05) is 54.6 Å². The molecule has 2 rings (SSSR count). The van der Waals surface area contributed by atoms with Crippen LogP contribution in [0.5, 0.6) is 5.75 Å². The highest BCUT2D eigenvalue weighted by molar-refractivity contribution is 5.90. The van der Waals surface area contributed by atoms with Gasteiger partial charge in [-0.2, -0.15) is 0 Å². The van der Waals surface area contributed by atoms with Gasteiger partial charge in [-0.05, 0) is 42.8 Å². The fourth-order valence-corrected chi connectivity index (χ4v) is 2.08. The summed E-state index contributed by atoms with van der Waals surface area (Å²) in [6.07, 6.45) is 2.65. The highest BCUT2D eigenvalue weighted by atomic mass is 16.5. The number of amides is 1. The van der Waals surface area contributed by atoms with Crippen molar-refractivity contribution >= 4 is 17.3 Å². The number of carbonyl (C=O) groups excluding carboxylic acids is 1. The zero-order valence-electron chi connectivity index (χ0n) is 13.5. The molecule has 0 bridgehead atoms. The van der Waals surface area contributed by atoms with Crippen molar-refractivity contribution in [3.05, 3.63) is 54.6 Å². The molecule has 1 amide bonds. The Balaban J connectivity index is 1.70. The third kappa shape index (κ3) is 6.43. The summed E-state index contributed by atoms with van der Waals surface area (Å²) in [5.41, 5.74) is 1.87. The second-order valence-corrected chi connectivity index (χ2v) is 5.32. The predicted octanol–water partition coefficient (Wildman–Crippen LogP) is 4.31. The van der Waals surface area contributed by atoms with Gasteiger partial charge in [0, 0.05) is 17.9 Å². The Kier molecular flexibility index (Phi) is 6.98. The first-order chi connectivity index (χ1) is 11.3. The zero-order chi connectivity index (χ0) is 16.3. The van der Waals surface area contributed by atoms with Gasteiger partial charge >= 0.3 is 0 Å². The van der Waals surface area contributed by atoms with E-state index in [2.05, 4.69) is 17.6 Å². The number of hydrogen-bond acceptors (Lipinski definition) is 3. The number of hydrogen-bond donors (Lipinski definition) is 2. The van der Waals surface area contributed by atoms with E-state index < -0.39 is 0 Å². The van der Waals surface area contributed by atoms with E-state index in [9.17, 15) is 4.79 Å². The zero-order valence-corrected chi connectivity index (χ0v) is 13.5. The largest absolute Gasteiger partial charge is 0.493 e. The van der Waals surface area contributed by atoms with Crippen LogP contribution in [-0.4, -0.2) is 19.1 Å². The second kappa shape index (κ2) is 9.51. The van der Waals surface area contributed by atoms with Gasteiger partial charge in [-0.1, -0.05) is 31.5 Å². The van der Waals surface area contributed by atoms with Crippen LogP contribution in [0.2, 0.25) is 0 Å². The summed E-state index contributed by atoms with van der Waals surface area (Å²) < 4.78 is 5.52. The third-order valence-electron chi connectivity index (χ3n) is 3.37. The lowest BCUT2D eigenvalue weighted by molar-refractivity contribution is -0.116. The fourth-order valence-electron chi connectivity index (χ4n) is 2.08. The lowest BCUT2D eigenvalue weighted by Gasteiger charge is -2.09. The first-order valence-electron chi connectivity index (χ1n) is 8.09. The van der Waals surface area contributed by atoms with Crippen molar-refractivity contribution in [1.82, 2.24) is 0 Å². The van der Waals surface area contributed by atoms with Gasteiger partial charge in [-0.3, -0.25) is 4.79 Å². The minimum absolute atomic E-state index is 0.0485. The Morgan fingerprint density at radius 3 is 2.39 bits per heavy atom. The molecular weight excluding hydrogens is 288 g/mol. The van der Waals surface area contributed by atoms with Crippen LogP contribution in [0.15, 0.2) is 54.6 Å². The number of nitrogens with one attached hydrogen (secondary N) is 2. The van der Waals surface area contributed by atoms with E-state index >= 15 is 0 Å². The smallest absolute Gasteiger partial charge is 0.227 e. The van der Waals surface area contributed by atoms with E-state index in [1.165, 1.54) is 6.42 Å². The maximum atomic E-state index is 11.9. The lowest BCUT2D eigenvalue weighted by atomic mass is 10.2. The van der Waals surface area contributed by atoms with Gasteiger partial charge < -0.3 is 15.4 Å². The van der Waals surface area contributed by atoms with Crippen molar-refractivity contribution in [3.63, 3.8) is 0 Å². The van der Waals surface area contributed by atoms with Crippen LogP contribution in [0.25, 0.3) is 0 Å². The molecule has 4 heteroatoms. The number of anilines is 2. The van der Waals surface area contributed by atoms with Crippen LogP contribution in [0.4, 0.5) is 11.4 Å². The molecule has 0 spiro atoms. The maximum Gasteiger partial charge on any atom is 0.227 e. The fraction of sp³-hybridized carbons (Fsp3) is 0.316. The van der Waals surface area contributed by atoms with Crippen molar-refractivity contribution in [3.8, 4) is 5.75 Å². The number of para-hydroxylation sites is 1. The molecule has 0 radical (unpaired) electrons. The number of benzene rings is 2. The van der Waals surface area contributed by atoms with E-state index in [4.69, 9.17) is 4.74 Å². The Bertz CT molecular complexity index is 582. The van der Waals surface area contributed by atoms with Crippen molar-refractivity contribution < 1.29 is 9.53 Å². The first-order valence-corrected chi connectivity index (χ1v) is 8.09. The Morgan fingerprint density at radius 1 is 1.00 bits per heavy atom. The summed E-state index contributed by atoms with van der Waals surface area (Å²) in [7, 11) is 0. The van der Waals surface area contributed by atoms with Crippen molar-refractivity contribution in [2.45, 2.75) is 26.2 Å². The predicted molar refractivity (Wildman–Crippen MR) is 95.0 cm³/mol. The van der Waals surface area contributed by atoms with Gasteiger partial charge in [0.2, 0.25) is 5.91 Å². The maximum absolute atomic E-state index is 11.9. The molecule has 0 saturated carbocycles. The third-order valence-corrected chi connectivity index (χ3v) is 3.37. The second-order valence-electron chi connectivity index (χ2n) is 5.32. The molecule has 0 unspecified atom stereocenters. The van der Waals surface area contributed by atoms with E-state index in [0.717, 1.165) is 30.1 Å². The Morgan fingerprint density at radius 2 is 1.70 bits per heavy atom. The summed E-state index contributed by atoms with van der Waals surface area (Å²) in [6.45, 7) is 3.51. The molecule has 23 heavy (non-hydrogen) atoms. The lowest BCUT2D eigenvalue weighted by Crippen LogP contribution is -2.15. The summed E-state index contributed by atoms with van der Waals surface area (Å²) in [6, 6.07) is 17.3. The molecule has 2 aromatic carbocycles. The molecule has 0 aromatic heterocycles. The summed E-state index contributed by atoms with van der Waals surface area (Å²) in [5, 5.41) is 6.22. The topological polar surface area (TPSA) is 50.4 Å². The molecule has 2 N–H and O–H groups in total. The van der Waals surface area contributed by atoms with E-state index in [-0.39, 0.29) is 5.91 Å². The summed E-state index contributed by atoms with van der Waals surface area (Å²) in [4.78, 5) is 11.9. The number of carbonyl (C=O) groups is 1. The summed E-state index contributed by atoms with van der Waals surface area (Å²) in [5.74, 6) is 0.732. The van der Waals surface area contributed by atoms with E-state index in [0.29, 0.717) is 13.0 Å². The van der Waals surface area contributed by atoms with Gasteiger partial charge in [0.1, 0.15) is 5.75 Å². The molecule has 4 nitrogen and oxygen atoms in total. The SMILES string of the molecule is CCCCNc1ccc(NC(=O)CCOc2ccccc2)cc1. The number of rotatable bonds is 9. The number of ether oxygens (including phenoxy) is 1. The highest BCUT2D eigenvalue weighted by Gasteiger charge is 2.03. The van der Waals surface area contributed by atoms with Gasteiger partial charge in [0.25, 0.3) is 0 Å². The van der Waals surface area contributed by atoms with E-state index in [1.54, 1.807) is 0 Å².